The molecule has 1 aliphatic rings. The van der Waals surface area contributed by atoms with E-state index in [-0.39, 0.29) is 5.41 Å². The Morgan fingerprint density at radius 3 is 2.76 bits per heavy atom. The van der Waals surface area contributed by atoms with Gasteiger partial charge in [0.15, 0.2) is 0 Å². The fourth-order valence-electron chi connectivity index (χ4n) is 2.82. The van der Waals surface area contributed by atoms with E-state index in [0.29, 0.717) is 6.04 Å². The van der Waals surface area contributed by atoms with Crippen LogP contribution in [0.2, 0.25) is 0 Å². The Kier molecular flexibility index (Phi) is 4.21. The second-order valence-electron chi connectivity index (χ2n) is 6.75. The standard InChI is InChI=1S/C17H24N2S2/c1-5-18-11-7-6-8-12-15(11)21-16(19-12)13-9-10-14(20-13)17(2,3)4/h9-11,18H,5-8H2,1-4H3. The molecule has 1 atom stereocenters. The van der Waals surface area contributed by atoms with Crippen LogP contribution in [0.15, 0.2) is 12.1 Å². The van der Waals surface area contributed by atoms with E-state index < -0.39 is 0 Å². The molecule has 1 N–H and O–H groups in total. The van der Waals surface area contributed by atoms with Crippen LogP contribution >= 0.6 is 22.7 Å². The first-order valence-corrected chi connectivity index (χ1v) is 9.46. The second kappa shape index (κ2) is 5.82. The Hall–Kier alpha value is -0.710. The van der Waals surface area contributed by atoms with Crippen molar-refractivity contribution in [1.29, 1.82) is 0 Å². The van der Waals surface area contributed by atoms with Gasteiger partial charge in [-0.1, -0.05) is 27.7 Å². The zero-order valence-corrected chi connectivity index (χ0v) is 15.0. The zero-order valence-electron chi connectivity index (χ0n) is 13.3. The number of hydrogen-bond acceptors (Lipinski definition) is 4. The average Bonchev–Trinajstić information content (AvgIpc) is 3.05. The van der Waals surface area contributed by atoms with E-state index in [1.807, 2.05) is 22.7 Å². The number of rotatable bonds is 3. The Balaban J connectivity index is 1.92. The molecule has 21 heavy (non-hydrogen) atoms. The molecule has 0 spiro atoms. The summed E-state index contributed by atoms with van der Waals surface area (Å²) in [6, 6.07) is 5.03. The summed E-state index contributed by atoms with van der Waals surface area (Å²) in [5, 5.41) is 4.82. The van der Waals surface area contributed by atoms with E-state index in [1.54, 1.807) is 0 Å². The van der Waals surface area contributed by atoms with Crippen molar-refractivity contribution in [1.82, 2.24) is 10.3 Å². The van der Waals surface area contributed by atoms with Gasteiger partial charge >= 0.3 is 0 Å². The molecular weight excluding hydrogens is 296 g/mol. The normalized spacial score (nSPS) is 18.8. The number of fused-ring (bicyclic) bond motifs is 1. The molecule has 2 aromatic rings. The lowest BCUT2D eigenvalue weighted by atomic mass is 9.95. The Bertz CT molecular complexity index is 619. The van der Waals surface area contributed by atoms with Crippen molar-refractivity contribution < 1.29 is 0 Å². The number of aryl methyl sites for hydroxylation is 1. The number of nitrogens with zero attached hydrogens (tertiary/aromatic N) is 1. The van der Waals surface area contributed by atoms with Crippen LogP contribution in [0.3, 0.4) is 0 Å². The van der Waals surface area contributed by atoms with Gasteiger partial charge in [0.1, 0.15) is 5.01 Å². The van der Waals surface area contributed by atoms with Crippen LogP contribution in [0.5, 0.6) is 0 Å². The molecule has 0 saturated carbocycles. The van der Waals surface area contributed by atoms with Crippen LogP contribution in [-0.2, 0) is 11.8 Å². The smallest absolute Gasteiger partial charge is 0.133 e. The predicted molar refractivity (Wildman–Crippen MR) is 93.5 cm³/mol. The first-order valence-electron chi connectivity index (χ1n) is 7.82. The van der Waals surface area contributed by atoms with Gasteiger partial charge in [-0.25, -0.2) is 4.98 Å². The van der Waals surface area contributed by atoms with E-state index in [1.165, 1.54) is 38.2 Å². The van der Waals surface area contributed by atoms with Crippen molar-refractivity contribution in [2.75, 3.05) is 6.54 Å². The van der Waals surface area contributed by atoms with Gasteiger partial charge in [-0.15, -0.1) is 22.7 Å². The molecule has 0 bridgehead atoms. The highest BCUT2D eigenvalue weighted by Crippen LogP contribution is 2.41. The van der Waals surface area contributed by atoms with Crippen molar-refractivity contribution in [2.24, 2.45) is 0 Å². The molecule has 0 radical (unpaired) electrons. The zero-order chi connectivity index (χ0) is 15.0. The molecule has 0 aliphatic heterocycles. The minimum Gasteiger partial charge on any atom is -0.309 e. The van der Waals surface area contributed by atoms with E-state index in [4.69, 9.17) is 4.98 Å². The van der Waals surface area contributed by atoms with Gasteiger partial charge in [-0.3, -0.25) is 0 Å². The molecular formula is C17H24N2S2. The second-order valence-corrected chi connectivity index (χ2v) is 8.86. The molecule has 114 valence electrons. The van der Waals surface area contributed by atoms with Gasteiger partial charge in [0.25, 0.3) is 0 Å². The largest absolute Gasteiger partial charge is 0.309 e. The van der Waals surface area contributed by atoms with Crippen LogP contribution in [0, 0.1) is 0 Å². The van der Waals surface area contributed by atoms with Gasteiger partial charge in [-0.2, -0.15) is 0 Å². The topological polar surface area (TPSA) is 24.9 Å². The van der Waals surface area contributed by atoms with Crippen molar-refractivity contribution >= 4 is 22.7 Å². The van der Waals surface area contributed by atoms with Crippen molar-refractivity contribution in [3.8, 4) is 9.88 Å². The molecule has 1 aliphatic carbocycles. The Morgan fingerprint density at radius 1 is 1.29 bits per heavy atom. The van der Waals surface area contributed by atoms with E-state index in [2.05, 4.69) is 45.1 Å². The highest BCUT2D eigenvalue weighted by atomic mass is 32.1. The lowest BCUT2D eigenvalue weighted by Gasteiger charge is -2.21. The summed E-state index contributed by atoms with van der Waals surface area (Å²) in [6.07, 6.45) is 3.65. The number of thiazole rings is 1. The van der Waals surface area contributed by atoms with Gasteiger partial charge in [-0.05, 0) is 43.4 Å². The molecule has 2 aromatic heterocycles. The van der Waals surface area contributed by atoms with Crippen molar-refractivity contribution in [3.05, 3.63) is 27.6 Å². The van der Waals surface area contributed by atoms with Crippen LogP contribution in [-0.4, -0.2) is 11.5 Å². The van der Waals surface area contributed by atoms with E-state index in [0.717, 1.165) is 13.0 Å². The summed E-state index contributed by atoms with van der Waals surface area (Å²) in [5.74, 6) is 0. The monoisotopic (exact) mass is 320 g/mol. The fourth-order valence-corrected chi connectivity index (χ4v) is 5.16. The molecule has 0 saturated heterocycles. The number of thiophene rings is 1. The first-order chi connectivity index (χ1) is 9.99. The molecule has 2 heterocycles. The summed E-state index contributed by atoms with van der Waals surface area (Å²) < 4.78 is 0. The van der Waals surface area contributed by atoms with Crippen LogP contribution in [0.1, 0.15) is 62.0 Å². The van der Waals surface area contributed by atoms with Crippen LogP contribution < -0.4 is 5.32 Å². The van der Waals surface area contributed by atoms with Crippen molar-refractivity contribution in [2.45, 2.75) is 58.4 Å². The minimum absolute atomic E-state index is 0.228. The molecule has 3 rings (SSSR count). The maximum Gasteiger partial charge on any atom is 0.133 e. The maximum atomic E-state index is 4.94. The van der Waals surface area contributed by atoms with Gasteiger partial charge in [0.2, 0.25) is 0 Å². The number of hydrogen-bond donors (Lipinski definition) is 1. The molecule has 2 nitrogen and oxygen atoms in total. The number of nitrogens with one attached hydrogen (secondary N) is 1. The van der Waals surface area contributed by atoms with Gasteiger partial charge in [0, 0.05) is 15.8 Å². The molecule has 0 aromatic carbocycles. The molecule has 0 amide bonds. The molecule has 0 fully saturated rings. The van der Waals surface area contributed by atoms with Crippen LogP contribution in [0.25, 0.3) is 9.88 Å². The average molecular weight is 321 g/mol. The highest BCUT2D eigenvalue weighted by molar-refractivity contribution is 7.22. The SMILES string of the molecule is CCNC1CCCc2nc(-c3ccc(C(C)(C)C)s3)sc21. The lowest BCUT2D eigenvalue weighted by molar-refractivity contribution is 0.476. The van der Waals surface area contributed by atoms with E-state index >= 15 is 0 Å². The first kappa shape index (κ1) is 15.2. The summed E-state index contributed by atoms with van der Waals surface area (Å²) >= 11 is 3.80. The fraction of sp³-hybridized carbons (Fsp3) is 0.588. The summed E-state index contributed by atoms with van der Waals surface area (Å²) in [4.78, 5) is 9.18. The van der Waals surface area contributed by atoms with Crippen LogP contribution in [0.4, 0.5) is 0 Å². The molecule has 1 unspecified atom stereocenters. The summed E-state index contributed by atoms with van der Waals surface area (Å²) in [6.45, 7) is 10.0. The Labute approximate surface area is 135 Å². The third-order valence-electron chi connectivity index (χ3n) is 3.96. The molecule has 4 heteroatoms. The maximum absolute atomic E-state index is 4.94. The third-order valence-corrected chi connectivity index (χ3v) is 6.85. The highest BCUT2D eigenvalue weighted by Gasteiger charge is 2.25. The third kappa shape index (κ3) is 3.08. The lowest BCUT2D eigenvalue weighted by Crippen LogP contribution is -2.23. The van der Waals surface area contributed by atoms with E-state index in [9.17, 15) is 0 Å². The van der Waals surface area contributed by atoms with Crippen molar-refractivity contribution in [3.63, 3.8) is 0 Å². The summed E-state index contributed by atoms with van der Waals surface area (Å²) in [5.41, 5.74) is 1.56. The predicted octanol–water partition coefficient (Wildman–Crippen LogP) is 5.16. The Morgan fingerprint density at radius 2 is 2.10 bits per heavy atom. The quantitative estimate of drug-likeness (QED) is 0.845. The number of aromatic nitrogens is 1. The minimum atomic E-state index is 0.228. The van der Waals surface area contributed by atoms with Gasteiger partial charge < -0.3 is 5.32 Å². The van der Waals surface area contributed by atoms with Gasteiger partial charge in [0.05, 0.1) is 10.6 Å². The summed E-state index contributed by atoms with van der Waals surface area (Å²) in [7, 11) is 0.